The van der Waals surface area contributed by atoms with Gasteiger partial charge in [0, 0.05) is 11.9 Å². The Morgan fingerprint density at radius 2 is 2.09 bits per heavy atom. The minimum Gasteiger partial charge on any atom is -0.481 e. The zero-order valence-corrected chi connectivity index (χ0v) is 13.1. The van der Waals surface area contributed by atoms with Gasteiger partial charge in [0.1, 0.15) is 10.0 Å². The summed E-state index contributed by atoms with van der Waals surface area (Å²) in [6, 6.07) is 7.63. The molecule has 1 aromatic carbocycles. The van der Waals surface area contributed by atoms with Crippen molar-refractivity contribution >= 4 is 33.3 Å². The number of benzene rings is 1. The number of halogens is 1. The largest absolute Gasteiger partial charge is 0.481 e. The molecule has 0 radical (unpaired) electrons. The van der Waals surface area contributed by atoms with Gasteiger partial charge in [-0.2, -0.15) is 0 Å². The maximum Gasteiger partial charge on any atom is 0.307 e. The fraction of sp³-hybridized carbons (Fsp3) is 0.143. The predicted molar refractivity (Wildman–Crippen MR) is 82.6 cm³/mol. The van der Waals surface area contributed by atoms with E-state index in [1.165, 1.54) is 18.3 Å². The SMILES string of the molecule is Cc1cc(S(=O)(=O)Nc2cccc(CC(=O)O)c2)cnc1Cl. The third-order valence-electron chi connectivity index (χ3n) is 2.83. The number of hydrogen-bond donors (Lipinski definition) is 2. The molecule has 2 rings (SSSR count). The Labute approximate surface area is 132 Å². The lowest BCUT2D eigenvalue weighted by Gasteiger charge is -2.09. The molecule has 0 aliphatic heterocycles. The minimum absolute atomic E-state index is 0.0157. The number of aromatic nitrogens is 1. The molecule has 2 aromatic rings. The molecule has 0 atom stereocenters. The molecule has 0 saturated carbocycles. The molecular formula is C14H13ClN2O4S. The van der Waals surface area contributed by atoms with Gasteiger partial charge in [-0.3, -0.25) is 9.52 Å². The number of nitrogens with one attached hydrogen (secondary N) is 1. The summed E-state index contributed by atoms with van der Waals surface area (Å²) in [6.45, 7) is 1.65. The summed E-state index contributed by atoms with van der Waals surface area (Å²) in [6.07, 6.45) is 0.982. The number of rotatable bonds is 5. The summed E-state index contributed by atoms with van der Waals surface area (Å²) in [4.78, 5) is 14.5. The fourth-order valence-corrected chi connectivity index (χ4v) is 2.99. The van der Waals surface area contributed by atoms with E-state index in [-0.39, 0.29) is 22.2 Å². The highest BCUT2D eigenvalue weighted by Crippen LogP contribution is 2.20. The third kappa shape index (κ3) is 3.96. The summed E-state index contributed by atoms with van der Waals surface area (Å²) < 4.78 is 27.0. The molecule has 6 nitrogen and oxygen atoms in total. The van der Waals surface area contributed by atoms with Gasteiger partial charge in [0.25, 0.3) is 10.0 Å². The first kappa shape index (κ1) is 16.3. The van der Waals surface area contributed by atoms with Crippen LogP contribution < -0.4 is 4.72 Å². The molecule has 0 saturated heterocycles. The van der Waals surface area contributed by atoms with Crippen molar-refractivity contribution in [2.75, 3.05) is 4.72 Å². The first-order valence-electron chi connectivity index (χ1n) is 6.23. The van der Waals surface area contributed by atoms with E-state index in [0.717, 1.165) is 0 Å². The average molecular weight is 341 g/mol. The Balaban J connectivity index is 2.28. The van der Waals surface area contributed by atoms with Crippen LogP contribution in [0.3, 0.4) is 0 Å². The zero-order chi connectivity index (χ0) is 16.3. The maximum absolute atomic E-state index is 12.3. The van der Waals surface area contributed by atoms with E-state index in [0.29, 0.717) is 11.1 Å². The highest BCUT2D eigenvalue weighted by atomic mass is 35.5. The molecule has 0 bridgehead atoms. The van der Waals surface area contributed by atoms with Gasteiger partial charge in [-0.25, -0.2) is 13.4 Å². The van der Waals surface area contributed by atoms with Crippen LogP contribution in [0.1, 0.15) is 11.1 Å². The second kappa shape index (κ2) is 6.33. The molecule has 0 spiro atoms. The quantitative estimate of drug-likeness (QED) is 0.815. The smallest absolute Gasteiger partial charge is 0.307 e. The van der Waals surface area contributed by atoms with Crippen LogP contribution in [0.4, 0.5) is 5.69 Å². The van der Waals surface area contributed by atoms with Gasteiger partial charge in [-0.05, 0) is 36.2 Å². The molecule has 2 N–H and O–H groups in total. The number of carbonyl (C=O) groups is 1. The summed E-state index contributed by atoms with van der Waals surface area (Å²) in [7, 11) is -3.82. The van der Waals surface area contributed by atoms with Crippen molar-refractivity contribution in [2.45, 2.75) is 18.2 Å². The summed E-state index contributed by atoms with van der Waals surface area (Å²) in [5, 5.41) is 9.00. The van der Waals surface area contributed by atoms with Crippen LogP contribution in [-0.4, -0.2) is 24.5 Å². The number of sulfonamides is 1. The van der Waals surface area contributed by atoms with Crippen LogP contribution in [0.5, 0.6) is 0 Å². The van der Waals surface area contributed by atoms with Crippen LogP contribution in [0, 0.1) is 6.92 Å². The Hall–Kier alpha value is -2.12. The van der Waals surface area contributed by atoms with Crippen LogP contribution in [-0.2, 0) is 21.2 Å². The van der Waals surface area contributed by atoms with Gasteiger partial charge in [0.15, 0.2) is 0 Å². The third-order valence-corrected chi connectivity index (χ3v) is 4.58. The number of carboxylic acid groups (broad SMARTS) is 1. The van der Waals surface area contributed by atoms with Gasteiger partial charge in [0.2, 0.25) is 0 Å². The Bertz CT molecular complexity index is 821. The van der Waals surface area contributed by atoms with E-state index in [4.69, 9.17) is 16.7 Å². The topological polar surface area (TPSA) is 96.4 Å². The van der Waals surface area contributed by atoms with E-state index in [2.05, 4.69) is 9.71 Å². The lowest BCUT2D eigenvalue weighted by atomic mass is 10.1. The molecule has 0 unspecified atom stereocenters. The van der Waals surface area contributed by atoms with Crippen molar-refractivity contribution in [1.82, 2.24) is 4.98 Å². The van der Waals surface area contributed by atoms with Crippen LogP contribution in [0.2, 0.25) is 5.15 Å². The number of aliphatic carboxylic acids is 1. The second-order valence-corrected chi connectivity index (χ2v) is 6.70. The highest BCUT2D eigenvalue weighted by molar-refractivity contribution is 7.92. The van der Waals surface area contributed by atoms with Gasteiger partial charge >= 0.3 is 5.97 Å². The Kier molecular flexibility index (Phi) is 4.68. The van der Waals surface area contributed by atoms with E-state index < -0.39 is 16.0 Å². The van der Waals surface area contributed by atoms with Crippen LogP contribution >= 0.6 is 11.6 Å². The molecule has 8 heteroatoms. The lowest BCUT2D eigenvalue weighted by molar-refractivity contribution is -0.136. The first-order chi connectivity index (χ1) is 10.3. The summed E-state index contributed by atoms with van der Waals surface area (Å²) in [5.41, 5.74) is 1.33. The number of hydrogen-bond acceptors (Lipinski definition) is 4. The standard InChI is InChI=1S/C14H13ClN2O4S/c1-9-5-12(8-16-14(9)15)22(20,21)17-11-4-2-3-10(6-11)7-13(18)19/h2-6,8,17H,7H2,1H3,(H,18,19). The molecule has 1 heterocycles. The highest BCUT2D eigenvalue weighted by Gasteiger charge is 2.16. The summed E-state index contributed by atoms with van der Waals surface area (Å²) in [5.74, 6) is -0.988. The van der Waals surface area contributed by atoms with Gasteiger partial charge in [0.05, 0.1) is 6.42 Å². The van der Waals surface area contributed by atoms with Crippen LogP contribution in [0.15, 0.2) is 41.4 Å². The van der Waals surface area contributed by atoms with Crippen molar-refractivity contribution in [3.63, 3.8) is 0 Å². The first-order valence-corrected chi connectivity index (χ1v) is 8.10. The van der Waals surface area contributed by atoms with Crippen molar-refractivity contribution in [3.05, 3.63) is 52.8 Å². The van der Waals surface area contributed by atoms with E-state index in [9.17, 15) is 13.2 Å². The lowest BCUT2D eigenvalue weighted by Crippen LogP contribution is -2.14. The minimum atomic E-state index is -3.82. The van der Waals surface area contributed by atoms with Gasteiger partial charge in [-0.1, -0.05) is 23.7 Å². The zero-order valence-electron chi connectivity index (χ0n) is 11.6. The second-order valence-electron chi connectivity index (χ2n) is 4.66. The molecule has 1 aromatic heterocycles. The van der Waals surface area contributed by atoms with E-state index >= 15 is 0 Å². The number of aryl methyl sites for hydroxylation is 1. The van der Waals surface area contributed by atoms with Crippen molar-refractivity contribution in [3.8, 4) is 0 Å². The van der Waals surface area contributed by atoms with Gasteiger partial charge < -0.3 is 5.11 Å². The molecule has 0 aliphatic rings. The number of nitrogens with zero attached hydrogens (tertiary/aromatic N) is 1. The van der Waals surface area contributed by atoms with E-state index in [1.54, 1.807) is 25.1 Å². The molecule has 116 valence electrons. The van der Waals surface area contributed by atoms with Crippen molar-refractivity contribution in [1.29, 1.82) is 0 Å². The van der Waals surface area contributed by atoms with E-state index in [1.807, 2.05) is 0 Å². The Morgan fingerprint density at radius 1 is 1.36 bits per heavy atom. The fourth-order valence-electron chi connectivity index (χ4n) is 1.81. The summed E-state index contributed by atoms with van der Waals surface area (Å²) >= 11 is 5.78. The molecule has 0 aliphatic carbocycles. The predicted octanol–water partition coefficient (Wildman–Crippen LogP) is 2.47. The molecule has 0 fully saturated rings. The molecule has 22 heavy (non-hydrogen) atoms. The Morgan fingerprint density at radius 3 is 2.73 bits per heavy atom. The molecular weight excluding hydrogens is 328 g/mol. The van der Waals surface area contributed by atoms with Crippen molar-refractivity contribution < 1.29 is 18.3 Å². The monoisotopic (exact) mass is 340 g/mol. The maximum atomic E-state index is 12.3. The number of pyridine rings is 1. The average Bonchev–Trinajstić information content (AvgIpc) is 2.40. The van der Waals surface area contributed by atoms with Crippen LogP contribution in [0.25, 0.3) is 0 Å². The van der Waals surface area contributed by atoms with Gasteiger partial charge in [-0.15, -0.1) is 0 Å². The number of carboxylic acids is 1. The van der Waals surface area contributed by atoms with Crippen molar-refractivity contribution in [2.24, 2.45) is 0 Å². The number of anilines is 1. The molecule has 0 amide bonds. The normalized spacial score (nSPS) is 11.2.